The van der Waals surface area contributed by atoms with Crippen LogP contribution in [-0.2, 0) is 24.8 Å². The zero-order valence-corrected chi connectivity index (χ0v) is 13.8. The van der Waals surface area contributed by atoms with Gasteiger partial charge in [-0.1, -0.05) is 17.7 Å². The lowest BCUT2D eigenvalue weighted by Gasteiger charge is -2.26. The number of amides is 1. The zero-order valence-electron chi connectivity index (χ0n) is 13.1. The van der Waals surface area contributed by atoms with Gasteiger partial charge in [-0.05, 0) is 12.1 Å². The van der Waals surface area contributed by atoms with Crippen molar-refractivity contribution in [3.05, 3.63) is 40.7 Å². The molecule has 2 aromatic heterocycles. The third-order valence-electron chi connectivity index (χ3n) is 4.62. The number of nitrogens with one attached hydrogen (secondary N) is 1. The maximum absolute atomic E-state index is 11.8. The van der Waals surface area contributed by atoms with E-state index in [2.05, 4.69) is 4.98 Å². The Labute approximate surface area is 138 Å². The van der Waals surface area contributed by atoms with Crippen LogP contribution >= 0.6 is 11.6 Å². The van der Waals surface area contributed by atoms with Crippen LogP contribution < -0.4 is 0 Å². The lowest BCUT2D eigenvalue weighted by atomic mass is 9.98. The molecule has 118 valence electrons. The van der Waals surface area contributed by atoms with Gasteiger partial charge in [0.2, 0.25) is 5.91 Å². The second-order valence-electron chi connectivity index (χ2n) is 5.95. The smallest absolute Gasteiger partial charge is 0.219 e. The molecule has 0 saturated heterocycles. The van der Waals surface area contributed by atoms with Gasteiger partial charge in [-0.3, -0.25) is 9.48 Å². The molecule has 6 heteroatoms. The summed E-state index contributed by atoms with van der Waals surface area (Å²) in [4.78, 5) is 16.8. The predicted octanol–water partition coefficient (Wildman–Crippen LogP) is 3.13. The number of carbonyl (C=O) groups is 1. The van der Waals surface area contributed by atoms with Crippen molar-refractivity contribution < 1.29 is 4.79 Å². The van der Waals surface area contributed by atoms with E-state index in [0.29, 0.717) is 11.6 Å². The molecule has 0 radical (unpaired) electrons. The number of nitrogens with zero attached hydrogens (tertiary/aromatic N) is 3. The molecule has 3 aromatic rings. The van der Waals surface area contributed by atoms with Gasteiger partial charge in [0.1, 0.15) is 0 Å². The van der Waals surface area contributed by atoms with Crippen LogP contribution in [0.3, 0.4) is 0 Å². The van der Waals surface area contributed by atoms with E-state index < -0.39 is 0 Å². The van der Waals surface area contributed by atoms with Crippen LogP contribution in [0, 0.1) is 0 Å². The van der Waals surface area contributed by atoms with Gasteiger partial charge in [0.15, 0.2) is 0 Å². The highest BCUT2D eigenvalue weighted by molar-refractivity contribution is 6.35. The van der Waals surface area contributed by atoms with E-state index in [4.69, 9.17) is 16.7 Å². The molecule has 0 unspecified atom stereocenters. The Morgan fingerprint density at radius 1 is 1.35 bits per heavy atom. The van der Waals surface area contributed by atoms with Gasteiger partial charge in [0, 0.05) is 61.9 Å². The molecule has 1 aromatic carbocycles. The maximum atomic E-state index is 11.8. The molecule has 23 heavy (non-hydrogen) atoms. The largest absolute Gasteiger partial charge is 0.360 e. The van der Waals surface area contributed by atoms with E-state index in [0.717, 1.165) is 40.7 Å². The molecule has 3 heterocycles. The SMILES string of the molecule is CC(=O)N1CCc2c(c(-c3ccc(Cl)c4[nH]ccc34)nn2C)C1. The van der Waals surface area contributed by atoms with Crippen molar-refractivity contribution in [2.45, 2.75) is 19.9 Å². The van der Waals surface area contributed by atoms with Gasteiger partial charge in [-0.15, -0.1) is 0 Å². The van der Waals surface area contributed by atoms with Gasteiger partial charge in [-0.2, -0.15) is 5.10 Å². The standard InChI is InChI=1S/C17H17ClN4O/c1-10(23)22-8-6-15-13(9-22)16(20-21(15)2)11-3-4-14(18)17-12(11)5-7-19-17/h3-5,7,19H,6,8-9H2,1-2H3. The number of benzene rings is 1. The van der Waals surface area contributed by atoms with Gasteiger partial charge >= 0.3 is 0 Å². The second kappa shape index (κ2) is 5.13. The number of fused-ring (bicyclic) bond motifs is 2. The first-order valence-corrected chi connectivity index (χ1v) is 8.00. The summed E-state index contributed by atoms with van der Waals surface area (Å²) in [6, 6.07) is 5.92. The number of H-pyrrole nitrogens is 1. The normalized spacial score (nSPS) is 14.3. The van der Waals surface area contributed by atoms with E-state index in [1.807, 2.05) is 41.0 Å². The predicted molar refractivity (Wildman–Crippen MR) is 90.3 cm³/mol. The van der Waals surface area contributed by atoms with E-state index in [9.17, 15) is 4.79 Å². The van der Waals surface area contributed by atoms with Crippen molar-refractivity contribution >= 4 is 28.4 Å². The molecule has 4 rings (SSSR count). The second-order valence-corrected chi connectivity index (χ2v) is 6.36. The lowest BCUT2D eigenvalue weighted by molar-refractivity contribution is -0.129. The van der Waals surface area contributed by atoms with Crippen molar-refractivity contribution in [1.82, 2.24) is 19.7 Å². The summed E-state index contributed by atoms with van der Waals surface area (Å²) in [5.74, 6) is 0.105. The summed E-state index contributed by atoms with van der Waals surface area (Å²) < 4.78 is 1.94. The molecule has 1 aliphatic rings. The minimum Gasteiger partial charge on any atom is -0.360 e. The summed E-state index contributed by atoms with van der Waals surface area (Å²) in [6.07, 6.45) is 2.72. The number of rotatable bonds is 1. The molecular weight excluding hydrogens is 312 g/mol. The quantitative estimate of drug-likeness (QED) is 0.746. The summed E-state index contributed by atoms with van der Waals surface area (Å²) in [5.41, 5.74) is 5.25. The average molecular weight is 329 g/mol. The first kappa shape index (κ1) is 14.3. The summed E-state index contributed by atoms with van der Waals surface area (Å²) in [7, 11) is 1.97. The van der Waals surface area contributed by atoms with E-state index in [1.165, 1.54) is 5.69 Å². The van der Waals surface area contributed by atoms with Crippen LogP contribution in [0.15, 0.2) is 24.4 Å². The van der Waals surface area contributed by atoms with Gasteiger partial charge in [0.05, 0.1) is 16.2 Å². The molecule has 0 saturated carbocycles. The molecule has 1 N–H and O–H groups in total. The minimum absolute atomic E-state index is 0.105. The van der Waals surface area contributed by atoms with Gasteiger partial charge < -0.3 is 9.88 Å². The van der Waals surface area contributed by atoms with Crippen LogP contribution in [0.2, 0.25) is 5.02 Å². The van der Waals surface area contributed by atoms with Gasteiger partial charge in [0.25, 0.3) is 0 Å². The molecule has 5 nitrogen and oxygen atoms in total. The molecule has 1 aliphatic heterocycles. The topological polar surface area (TPSA) is 53.9 Å². The number of carbonyl (C=O) groups excluding carboxylic acids is 1. The number of aromatic amines is 1. The lowest BCUT2D eigenvalue weighted by Crippen LogP contribution is -2.34. The van der Waals surface area contributed by atoms with Crippen LogP contribution in [0.1, 0.15) is 18.2 Å². The Morgan fingerprint density at radius 3 is 2.96 bits per heavy atom. The highest BCUT2D eigenvalue weighted by atomic mass is 35.5. The first-order valence-electron chi connectivity index (χ1n) is 7.62. The fraction of sp³-hybridized carbons (Fsp3) is 0.294. The highest BCUT2D eigenvalue weighted by Gasteiger charge is 2.26. The summed E-state index contributed by atoms with van der Waals surface area (Å²) in [6.45, 7) is 2.98. The van der Waals surface area contributed by atoms with E-state index in [1.54, 1.807) is 6.92 Å². The fourth-order valence-corrected chi connectivity index (χ4v) is 3.62. The molecule has 0 spiro atoms. The van der Waals surface area contributed by atoms with Crippen LogP contribution in [0.25, 0.3) is 22.2 Å². The first-order chi connectivity index (χ1) is 11.1. The zero-order chi connectivity index (χ0) is 16.1. The minimum atomic E-state index is 0.105. The molecule has 0 aliphatic carbocycles. The summed E-state index contributed by atoms with van der Waals surface area (Å²) in [5, 5.41) is 6.49. The number of aryl methyl sites for hydroxylation is 1. The maximum Gasteiger partial charge on any atom is 0.219 e. The van der Waals surface area contributed by atoms with Crippen LogP contribution in [0.5, 0.6) is 0 Å². The number of hydrogen-bond acceptors (Lipinski definition) is 2. The van der Waals surface area contributed by atoms with Crippen molar-refractivity contribution in [2.24, 2.45) is 7.05 Å². The number of hydrogen-bond donors (Lipinski definition) is 1. The molecule has 1 amide bonds. The highest BCUT2D eigenvalue weighted by Crippen LogP contribution is 2.36. The molecular formula is C17H17ClN4O. The third-order valence-corrected chi connectivity index (χ3v) is 4.93. The monoisotopic (exact) mass is 328 g/mol. The van der Waals surface area contributed by atoms with Crippen LogP contribution in [0.4, 0.5) is 0 Å². The fourth-order valence-electron chi connectivity index (χ4n) is 3.41. The van der Waals surface area contributed by atoms with Crippen molar-refractivity contribution in [3.63, 3.8) is 0 Å². The molecule has 0 atom stereocenters. The Kier molecular flexibility index (Phi) is 3.20. The third kappa shape index (κ3) is 2.15. The molecule has 0 bridgehead atoms. The van der Waals surface area contributed by atoms with Gasteiger partial charge in [-0.25, -0.2) is 0 Å². The van der Waals surface area contributed by atoms with E-state index >= 15 is 0 Å². The van der Waals surface area contributed by atoms with Crippen molar-refractivity contribution in [1.29, 1.82) is 0 Å². The van der Waals surface area contributed by atoms with E-state index in [-0.39, 0.29) is 5.91 Å². The Hall–Kier alpha value is -2.27. The number of halogens is 1. The summed E-state index contributed by atoms with van der Waals surface area (Å²) >= 11 is 6.26. The Bertz CT molecular complexity index is 924. The number of aromatic nitrogens is 3. The van der Waals surface area contributed by atoms with Crippen molar-refractivity contribution in [3.8, 4) is 11.3 Å². The Balaban J connectivity index is 1.91. The molecule has 0 fully saturated rings. The average Bonchev–Trinajstić information content (AvgIpc) is 3.14. The van der Waals surface area contributed by atoms with Crippen LogP contribution in [-0.4, -0.2) is 32.1 Å². The Morgan fingerprint density at radius 2 is 2.17 bits per heavy atom. The van der Waals surface area contributed by atoms with Crippen molar-refractivity contribution in [2.75, 3.05) is 6.54 Å².